The summed E-state index contributed by atoms with van der Waals surface area (Å²) in [7, 11) is 0. The zero-order valence-corrected chi connectivity index (χ0v) is 7.40. The smallest absolute Gasteiger partial charge is 0.0797 e. The molecule has 1 aromatic heterocycles. The largest absolute Gasteiger partial charge is 0.314 e. The van der Waals surface area contributed by atoms with Crippen LogP contribution in [0.3, 0.4) is 0 Å². The molecule has 0 fully saturated rings. The van der Waals surface area contributed by atoms with Crippen molar-refractivity contribution in [1.29, 1.82) is 0 Å². The molecule has 1 aromatic rings. The van der Waals surface area contributed by atoms with Crippen molar-refractivity contribution in [2.45, 2.75) is 6.92 Å². The van der Waals surface area contributed by atoms with Crippen LogP contribution in [0, 0.1) is 0 Å². The average Bonchev–Trinajstić information content (AvgIpc) is 2.50. The van der Waals surface area contributed by atoms with Gasteiger partial charge in [-0.1, -0.05) is 13.0 Å². The Balaban J connectivity index is 2.25. The van der Waals surface area contributed by atoms with Crippen LogP contribution in [0.15, 0.2) is 17.8 Å². The molecule has 1 N–H and O–H groups in total. The highest BCUT2D eigenvalue weighted by Gasteiger charge is 1.84. The van der Waals surface area contributed by atoms with Crippen LogP contribution >= 0.6 is 11.3 Å². The van der Waals surface area contributed by atoms with E-state index in [0.717, 1.165) is 13.1 Å². The Labute approximate surface area is 71.0 Å². The third-order valence-electron chi connectivity index (χ3n) is 1.25. The fourth-order valence-corrected chi connectivity index (χ4v) is 1.25. The van der Waals surface area contributed by atoms with Crippen LogP contribution in [-0.2, 0) is 0 Å². The lowest BCUT2D eigenvalue weighted by molar-refractivity contribution is 0.801. The van der Waals surface area contributed by atoms with Crippen LogP contribution in [0.1, 0.15) is 11.8 Å². The normalized spacial score (nSPS) is 11.0. The number of likely N-dealkylation sites (N-methyl/N-ethyl adjacent to an activating group) is 1. The summed E-state index contributed by atoms with van der Waals surface area (Å²) in [5.74, 6) is 0. The minimum atomic E-state index is 0.939. The van der Waals surface area contributed by atoms with E-state index in [2.05, 4.69) is 29.4 Å². The van der Waals surface area contributed by atoms with E-state index in [0.29, 0.717) is 0 Å². The summed E-state index contributed by atoms with van der Waals surface area (Å²) >= 11 is 1.66. The minimum absolute atomic E-state index is 0.939. The zero-order valence-electron chi connectivity index (χ0n) is 6.58. The van der Waals surface area contributed by atoms with E-state index in [9.17, 15) is 0 Å². The average molecular weight is 168 g/mol. The number of hydrogen-bond donors (Lipinski definition) is 1. The second-order valence-electron chi connectivity index (χ2n) is 2.11. The molecule has 0 aliphatic carbocycles. The summed E-state index contributed by atoms with van der Waals surface area (Å²) in [5.41, 5.74) is 1.84. The Morgan fingerprint density at radius 2 is 2.64 bits per heavy atom. The van der Waals surface area contributed by atoms with Gasteiger partial charge in [-0.05, 0) is 12.6 Å². The van der Waals surface area contributed by atoms with Crippen molar-refractivity contribution >= 4 is 17.4 Å². The number of aromatic nitrogens is 1. The monoisotopic (exact) mass is 168 g/mol. The number of nitrogens with one attached hydrogen (secondary N) is 1. The Bertz CT molecular complexity index is 204. The standard InChI is InChI=1S/C8H12N2S/c1-2-9-5-3-4-8-6-10-7-11-8/h3-4,6-7,9H,2,5H2,1H3/b4-3+. The Kier molecular flexibility index (Phi) is 3.86. The third kappa shape index (κ3) is 3.30. The van der Waals surface area contributed by atoms with Crippen LogP contribution in [0.2, 0.25) is 0 Å². The Hall–Kier alpha value is -0.670. The maximum absolute atomic E-state index is 3.97. The molecule has 0 saturated heterocycles. The van der Waals surface area contributed by atoms with Crippen molar-refractivity contribution in [2.75, 3.05) is 13.1 Å². The molecule has 60 valence electrons. The fourth-order valence-electron chi connectivity index (χ4n) is 0.711. The molecule has 2 nitrogen and oxygen atoms in total. The molecular weight excluding hydrogens is 156 g/mol. The van der Waals surface area contributed by atoms with Gasteiger partial charge in [0.1, 0.15) is 0 Å². The number of rotatable bonds is 4. The molecule has 0 spiro atoms. The lowest BCUT2D eigenvalue weighted by atomic mass is 10.4. The molecule has 0 atom stereocenters. The molecule has 0 aliphatic rings. The SMILES string of the molecule is CCNC/C=C/c1cncs1. The topological polar surface area (TPSA) is 24.9 Å². The van der Waals surface area contributed by atoms with Gasteiger partial charge in [0, 0.05) is 17.6 Å². The summed E-state index contributed by atoms with van der Waals surface area (Å²) in [6, 6.07) is 0. The van der Waals surface area contributed by atoms with E-state index in [1.807, 2.05) is 11.7 Å². The molecule has 0 unspecified atom stereocenters. The summed E-state index contributed by atoms with van der Waals surface area (Å²) in [5, 5.41) is 3.21. The molecule has 0 bridgehead atoms. The van der Waals surface area contributed by atoms with Crippen molar-refractivity contribution in [2.24, 2.45) is 0 Å². The van der Waals surface area contributed by atoms with Gasteiger partial charge in [-0.15, -0.1) is 11.3 Å². The van der Waals surface area contributed by atoms with Crippen LogP contribution in [0.25, 0.3) is 6.08 Å². The molecule has 3 heteroatoms. The van der Waals surface area contributed by atoms with Gasteiger partial charge in [0.05, 0.1) is 5.51 Å². The van der Waals surface area contributed by atoms with E-state index in [1.165, 1.54) is 4.88 Å². The summed E-state index contributed by atoms with van der Waals surface area (Å²) in [4.78, 5) is 5.18. The summed E-state index contributed by atoms with van der Waals surface area (Å²) in [6.07, 6.45) is 6.06. The Morgan fingerprint density at radius 3 is 3.27 bits per heavy atom. The van der Waals surface area contributed by atoms with Gasteiger partial charge in [0.15, 0.2) is 0 Å². The van der Waals surface area contributed by atoms with Crippen molar-refractivity contribution in [3.63, 3.8) is 0 Å². The maximum atomic E-state index is 3.97. The van der Waals surface area contributed by atoms with Gasteiger partial charge >= 0.3 is 0 Å². The first-order valence-electron chi connectivity index (χ1n) is 3.69. The van der Waals surface area contributed by atoms with Gasteiger partial charge in [-0.3, -0.25) is 4.98 Å². The lowest BCUT2D eigenvalue weighted by Crippen LogP contribution is -2.11. The van der Waals surface area contributed by atoms with Crippen molar-refractivity contribution in [3.05, 3.63) is 22.7 Å². The van der Waals surface area contributed by atoms with Crippen LogP contribution in [0.5, 0.6) is 0 Å². The van der Waals surface area contributed by atoms with Crippen molar-refractivity contribution < 1.29 is 0 Å². The minimum Gasteiger partial charge on any atom is -0.314 e. The van der Waals surface area contributed by atoms with Crippen LogP contribution in [-0.4, -0.2) is 18.1 Å². The molecular formula is C8H12N2S. The third-order valence-corrected chi connectivity index (χ3v) is 1.99. The molecule has 1 rings (SSSR count). The van der Waals surface area contributed by atoms with Gasteiger partial charge < -0.3 is 5.32 Å². The van der Waals surface area contributed by atoms with E-state index < -0.39 is 0 Å². The quantitative estimate of drug-likeness (QED) is 0.693. The molecule has 0 amide bonds. The highest BCUT2D eigenvalue weighted by Crippen LogP contribution is 2.06. The second-order valence-corrected chi connectivity index (χ2v) is 3.03. The maximum Gasteiger partial charge on any atom is 0.0797 e. The zero-order chi connectivity index (χ0) is 7.94. The molecule has 1 heterocycles. The van der Waals surface area contributed by atoms with Crippen molar-refractivity contribution in [1.82, 2.24) is 10.3 Å². The van der Waals surface area contributed by atoms with Gasteiger partial charge in [-0.25, -0.2) is 0 Å². The van der Waals surface area contributed by atoms with E-state index in [4.69, 9.17) is 0 Å². The molecule has 0 aromatic carbocycles. The van der Waals surface area contributed by atoms with Crippen LogP contribution in [0.4, 0.5) is 0 Å². The number of hydrogen-bond acceptors (Lipinski definition) is 3. The number of thiazole rings is 1. The molecule has 0 radical (unpaired) electrons. The highest BCUT2D eigenvalue weighted by molar-refractivity contribution is 7.10. The summed E-state index contributed by atoms with van der Waals surface area (Å²) in [6.45, 7) is 4.06. The first kappa shape index (κ1) is 8.43. The van der Waals surface area contributed by atoms with Gasteiger partial charge in [0.25, 0.3) is 0 Å². The van der Waals surface area contributed by atoms with Crippen molar-refractivity contribution in [3.8, 4) is 0 Å². The molecule has 0 aliphatic heterocycles. The van der Waals surface area contributed by atoms with E-state index in [-0.39, 0.29) is 0 Å². The number of nitrogens with zero attached hydrogens (tertiary/aromatic N) is 1. The van der Waals surface area contributed by atoms with E-state index in [1.54, 1.807) is 11.3 Å². The summed E-state index contributed by atoms with van der Waals surface area (Å²) < 4.78 is 0. The predicted molar refractivity (Wildman–Crippen MR) is 49.7 cm³/mol. The highest BCUT2D eigenvalue weighted by atomic mass is 32.1. The second kappa shape index (κ2) is 5.04. The first-order valence-corrected chi connectivity index (χ1v) is 4.57. The van der Waals surface area contributed by atoms with Gasteiger partial charge in [-0.2, -0.15) is 0 Å². The Morgan fingerprint density at radius 1 is 1.73 bits per heavy atom. The fraction of sp³-hybridized carbons (Fsp3) is 0.375. The first-order chi connectivity index (χ1) is 5.43. The molecule has 0 saturated carbocycles. The molecule has 11 heavy (non-hydrogen) atoms. The predicted octanol–water partition coefficient (Wildman–Crippen LogP) is 1.77. The van der Waals surface area contributed by atoms with Crippen LogP contribution < -0.4 is 5.32 Å². The lowest BCUT2D eigenvalue weighted by Gasteiger charge is -1.91. The van der Waals surface area contributed by atoms with E-state index >= 15 is 0 Å². The van der Waals surface area contributed by atoms with Gasteiger partial charge in [0.2, 0.25) is 0 Å².